The largest absolute Gasteiger partial charge is 3.00 e. The summed E-state index contributed by atoms with van der Waals surface area (Å²) in [7, 11) is -8.15. The van der Waals surface area contributed by atoms with Gasteiger partial charge in [-0.3, -0.25) is 0 Å². The van der Waals surface area contributed by atoms with Crippen LogP contribution in [0.15, 0.2) is 205 Å². The number of aromatic nitrogens is 6. The molecule has 0 aliphatic rings. The van der Waals surface area contributed by atoms with Gasteiger partial charge in [0.1, 0.15) is 86.9 Å². The molecule has 0 saturated carbocycles. The van der Waals surface area contributed by atoms with Crippen LogP contribution in [-0.4, -0.2) is 269 Å². The molecule has 0 amide bonds. The average molecular weight is 2120 g/mol. The van der Waals surface area contributed by atoms with Crippen molar-refractivity contribution in [2.75, 3.05) is 137 Å². The van der Waals surface area contributed by atoms with Crippen LogP contribution in [0.25, 0.3) is 0 Å². The Hall–Kier alpha value is -14.6. The van der Waals surface area contributed by atoms with Crippen LogP contribution in [0.2, 0.25) is 0 Å². The van der Waals surface area contributed by atoms with Gasteiger partial charge in [0.25, 0.3) is 0 Å². The number of aliphatic carboxylic acids is 3. The summed E-state index contributed by atoms with van der Waals surface area (Å²) in [4.78, 5) is 65.2. The molecular weight excluding hydrogens is 1990 g/mol. The van der Waals surface area contributed by atoms with Crippen molar-refractivity contribution in [2.24, 2.45) is 71.6 Å². The van der Waals surface area contributed by atoms with Gasteiger partial charge in [0.2, 0.25) is 55.7 Å². The molecule has 2 aromatic heterocycles. The summed E-state index contributed by atoms with van der Waals surface area (Å²) in [6, 6.07) is 33.0. The molecule has 10 aromatic rings. The molecule has 52 heteroatoms. The minimum absolute atomic E-state index is 0. The number of anilines is 8. The van der Waals surface area contributed by atoms with Crippen molar-refractivity contribution in [3.05, 3.63) is 156 Å². The first-order valence-corrected chi connectivity index (χ1v) is 49.8. The molecule has 0 saturated heterocycles. The fourth-order valence-corrected chi connectivity index (χ4v) is 13.6. The van der Waals surface area contributed by atoms with E-state index in [9.17, 15) is 61.9 Å². The van der Waals surface area contributed by atoms with Crippen LogP contribution in [0.3, 0.4) is 0 Å². The van der Waals surface area contributed by atoms with E-state index in [1.165, 1.54) is 32.9 Å². The number of phenols is 6. The van der Waals surface area contributed by atoms with Crippen LogP contribution in [0, 0.1) is 27.7 Å². The van der Waals surface area contributed by atoms with E-state index in [4.69, 9.17) is 40.9 Å². The van der Waals surface area contributed by atoms with Gasteiger partial charge in [-0.25, -0.2) is 41.5 Å². The van der Waals surface area contributed by atoms with E-state index in [1.54, 1.807) is 12.1 Å². The number of carboxylic acids is 3. The number of aliphatic hydroxyl groups is 3. The fourth-order valence-electron chi connectivity index (χ4n) is 12.5. The molecule has 3 unspecified atom stereocenters. The number of primary sulfonamides is 2. The van der Waals surface area contributed by atoms with E-state index >= 15 is 0 Å². The van der Waals surface area contributed by atoms with E-state index in [-0.39, 0.29) is 85.4 Å². The zero-order valence-electron chi connectivity index (χ0n) is 85.5. The predicted molar refractivity (Wildman–Crippen MR) is 557 cm³/mol. The van der Waals surface area contributed by atoms with Crippen LogP contribution in [-0.2, 0) is 51.5 Å². The normalized spacial score (nSPS) is 12.2. The van der Waals surface area contributed by atoms with Crippen LogP contribution >= 0.6 is 0 Å². The quantitative estimate of drug-likeness (QED) is 0.00956. The molecule has 0 spiro atoms. The summed E-state index contributed by atoms with van der Waals surface area (Å²) in [5.41, 5.74) is 6.91. The number of hydrogen-bond donors (Lipinski definition) is 20. The van der Waals surface area contributed by atoms with Crippen LogP contribution in [0.4, 0.5) is 115 Å². The number of nitrogens with two attached hydrogens (primary N) is 2. The Kier molecular flexibility index (Phi) is 52.1. The Bertz CT molecular complexity index is 5930. The first-order valence-electron chi connectivity index (χ1n) is 46.7. The van der Waals surface area contributed by atoms with Gasteiger partial charge in [0, 0.05) is 61.8 Å². The summed E-state index contributed by atoms with van der Waals surface area (Å²) in [6.45, 7) is 43.1. The number of nitrogens with zero attached hydrogens (tertiary/aromatic N) is 22. The fraction of sp³-hybridized carbons (Fsp3) is 0.400. The second kappa shape index (κ2) is 62.3. The first-order chi connectivity index (χ1) is 69.3. The van der Waals surface area contributed by atoms with E-state index < -0.39 is 67.8 Å². The minimum atomic E-state index is -4.08. The molecule has 8 aromatic carbocycles. The summed E-state index contributed by atoms with van der Waals surface area (Å²) < 4.78 is 47.0. The van der Waals surface area contributed by atoms with Crippen molar-refractivity contribution >= 4 is 153 Å². The summed E-state index contributed by atoms with van der Waals surface area (Å²) >= 11 is 0. The number of carboxylic acid groups (broad SMARTS) is 3. The van der Waals surface area contributed by atoms with Crippen molar-refractivity contribution in [2.45, 2.75) is 158 Å². The van der Waals surface area contributed by atoms with Crippen LogP contribution < -0.4 is 42.2 Å². The molecule has 2 heterocycles. The first kappa shape index (κ1) is 123. The standard InChI is InChI=1S/2C43H57N15O5S.3C3H6O3.Fe/c2*1-7-57(8-2)20-12-18-45-41-48-42(46-19-13-21-58(9-3)10-4)50-43(49-41)47-30-14-11-15-31(24-30)51-52-33-22-29(6)34(23-28(33)5)53-55-36-26-37(40(61)27-39(36)60)56-54-35-25-32(64(44,62)63)16-17-38(35)59;3*1-2(4)3(5)6;/h2*11,14-17,22-27,59-61H,7-10,12-13,18-21H2,1-6H3,(H2,44,62,63)(H3,45,46,47,48,49,50);3*2,4H,1H3,(H,5,6);/q;;;;;+3/p+1. The Morgan fingerprint density at radius 1 is 0.320 bits per heavy atom. The molecule has 0 aliphatic heterocycles. The molecule has 10 rings (SSSR count). The molecule has 793 valence electrons. The van der Waals surface area contributed by atoms with Crippen LogP contribution in [0.5, 0.6) is 34.5 Å². The molecular formula is C95H133FeN30O19S2+4. The van der Waals surface area contributed by atoms with Gasteiger partial charge in [-0.1, -0.05) is 67.5 Å². The van der Waals surface area contributed by atoms with Gasteiger partial charge >= 0.3 is 36.4 Å². The second-order valence-corrected chi connectivity index (χ2v) is 35.5. The topological polar surface area (TPSA) is 725 Å². The number of aliphatic hydroxyl groups excluding tert-OH is 3. The molecule has 0 bridgehead atoms. The zero-order chi connectivity index (χ0) is 108. The number of benzene rings is 8. The second-order valence-electron chi connectivity index (χ2n) is 32.3. The number of carbonyl (C=O) groups is 3. The van der Waals surface area contributed by atoms with Crippen LogP contribution in [0.1, 0.15) is 126 Å². The predicted octanol–water partition coefficient (Wildman–Crippen LogP) is 17.5. The zero-order valence-corrected chi connectivity index (χ0v) is 87.2. The molecule has 3 atom stereocenters. The van der Waals surface area contributed by atoms with Crippen molar-refractivity contribution < 1.29 is 111 Å². The number of nitrogens with one attached hydrogen (secondary N) is 6. The third-order valence-electron chi connectivity index (χ3n) is 21.2. The molecule has 49 nitrogen and oxygen atoms in total. The third-order valence-corrected chi connectivity index (χ3v) is 23.0. The van der Waals surface area contributed by atoms with E-state index in [0.717, 1.165) is 190 Å². The van der Waals surface area contributed by atoms with Crippen molar-refractivity contribution in [3.8, 4) is 34.5 Å². The van der Waals surface area contributed by atoms with Gasteiger partial charge in [0.05, 0.1) is 43.9 Å². The molecule has 0 aliphatic carbocycles. The average Bonchev–Trinajstić information content (AvgIpc) is 0.821. The Morgan fingerprint density at radius 3 is 0.762 bits per heavy atom. The van der Waals surface area contributed by atoms with Gasteiger partial charge in [0.15, 0.2) is 0 Å². The summed E-state index contributed by atoms with van der Waals surface area (Å²) in [6.07, 6.45) is 0.0931. The maximum atomic E-state index is 11.7. The van der Waals surface area contributed by atoms with Gasteiger partial charge in [-0.05, 0) is 272 Å². The smallest absolute Gasteiger partial charge is 0.506 e. The van der Waals surface area contributed by atoms with Crippen molar-refractivity contribution in [1.29, 1.82) is 0 Å². The Labute approximate surface area is 865 Å². The van der Waals surface area contributed by atoms with Gasteiger partial charge in [-0.2, -0.15) is 60.6 Å². The number of aryl methyl sites for hydroxylation is 4. The Morgan fingerprint density at radius 2 is 0.537 bits per heavy atom. The van der Waals surface area contributed by atoms with Crippen molar-refractivity contribution in [3.63, 3.8) is 0 Å². The van der Waals surface area contributed by atoms with E-state index in [2.05, 4.69) is 198 Å². The molecule has 0 fully saturated rings. The minimum Gasteiger partial charge on any atom is -0.506 e. The maximum Gasteiger partial charge on any atom is 3.00 e. The maximum absolute atomic E-state index is 11.7. The number of phenolic OH excluding ortho intramolecular Hbond substituents is 6. The third kappa shape index (κ3) is 43.3. The van der Waals surface area contributed by atoms with Crippen molar-refractivity contribution in [1.82, 2.24) is 49.5 Å². The monoisotopic (exact) mass is 2120 g/mol. The number of azo groups is 6. The summed E-state index contributed by atoms with van der Waals surface area (Å²) in [5, 5.41) is 190. The van der Waals surface area contributed by atoms with E-state index in [1.807, 2.05) is 88.4 Å². The number of sulfonamides is 2. The Balaban J connectivity index is 0.000000521. The van der Waals surface area contributed by atoms with Gasteiger partial charge < -0.3 is 113 Å². The SMILES string of the molecule is CC(O)C(=O)O.CC(O)C(=O)O.CC(O)C(=O)O.CCN(CC)CCCNc1nc(NCCCN(CC)CC)nc(Nc2cccc(N=Nc3cc(C)c(N=Nc4cc(N=Nc5cc(S(N)(=O)=O)ccc5O)c(O)cc4O)cc3C)c2)n1.CCN(CC)CCCNc1nc(NCCCN(CC)CC)nc(Nc2cccc(N=Nc3cc(C)c(N=Nc4cc(N=Nc5cc(S(N)(=O)=O)ccc5O)c(O)cc4O)cc3C)c2)n1.[Fe+3].[H+]. The number of rotatable bonds is 49. The number of hydrogen-bond acceptors (Lipinski definition) is 44. The molecule has 22 N–H and O–H groups in total. The number of aromatic hydroxyl groups is 6. The van der Waals surface area contributed by atoms with Gasteiger partial charge in [-0.15, -0.1) is 30.7 Å². The van der Waals surface area contributed by atoms with E-state index in [0.29, 0.717) is 92.3 Å². The molecule has 1 radical (unpaired) electrons. The summed E-state index contributed by atoms with van der Waals surface area (Å²) in [5.74, 6) is -3.29. The molecule has 147 heavy (non-hydrogen) atoms.